The zero-order valence-corrected chi connectivity index (χ0v) is 14.3. The highest BCUT2D eigenvalue weighted by atomic mass is 32.1. The van der Waals surface area contributed by atoms with Crippen LogP contribution in [0.4, 0.5) is 5.82 Å². The van der Waals surface area contributed by atoms with Crippen LogP contribution in [0.15, 0.2) is 11.4 Å². The average molecular weight is 306 g/mol. The lowest BCUT2D eigenvalue weighted by Gasteiger charge is -2.21. The first-order chi connectivity index (χ1) is 10.1. The Kier molecular flexibility index (Phi) is 5.94. The fraction of sp³-hybridized carbons (Fsp3) is 0.625. The summed E-state index contributed by atoms with van der Waals surface area (Å²) in [5.74, 6) is 2.57. The van der Waals surface area contributed by atoms with Crippen LogP contribution in [0.5, 0.6) is 0 Å². The van der Waals surface area contributed by atoms with Gasteiger partial charge in [-0.1, -0.05) is 27.7 Å². The Morgan fingerprint density at radius 1 is 1.29 bits per heavy atom. The minimum Gasteiger partial charge on any atom is -0.369 e. The predicted octanol–water partition coefficient (Wildman–Crippen LogP) is 3.99. The Morgan fingerprint density at radius 2 is 2.10 bits per heavy atom. The zero-order valence-electron chi connectivity index (χ0n) is 13.5. The van der Waals surface area contributed by atoms with E-state index in [0.29, 0.717) is 5.92 Å². The second kappa shape index (κ2) is 7.71. The van der Waals surface area contributed by atoms with E-state index in [1.54, 1.807) is 11.3 Å². The molecule has 0 unspecified atom stereocenters. The quantitative estimate of drug-likeness (QED) is 0.800. The SMILES string of the molecule is CCCNc1nc(CN(CC)CC(C)C)nc2sccc12. The minimum atomic E-state index is 0.660. The van der Waals surface area contributed by atoms with Gasteiger partial charge in [0.15, 0.2) is 0 Å². The third-order valence-corrected chi connectivity index (χ3v) is 4.16. The van der Waals surface area contributed by atoms with E-state index >= 15 is 0 Å². The predicted molar refractivity (Wildman–Crippen MR) is 92.0 cm³/mol. The first kappa shape index (κ1) is 16.2. The van der Waals surface area contributed by atoms with Crippen LogP contribution in [-0.4, -0.2) is 34.5 Å². The molecule has 2 rings (SSSR count). The van der Waals surface area contributed by atoms with Gasteiger partial charge in [-0.25, -0.2) is 9.97 Å². The van der Waals surface area contributed by atoms with Crippen molar-refractivity contribution in [3.05, 3.63) is 17.3 Å². The van der Waals surface area contributed by atoms with Crippen LogP contribution in [0.3, 0.4) is 0 Å². The second-order valence-electron chi connectivity index (χ2n) is 5.78. The molecule has 0 saturated heterocycles. The lowest BCUT2D eigenvalue weighted by molar-refractivity contribution is 0.243. The number of aromatic nitrogens is 2. The summed E-state index contributed by atoms with van der Waals surface area (Å²) < 4.78 is 0. The topological polar surface area (TPSA) is 41.1 Å². The van der Waals surface area contributed by atoms with Gasteiger partial charge in [0.1, 0.15) is 16.5 Å². The molecule has 0 saturated carbocycles. The van der Waals surface area contributed by atoms with Crippen molar-refractivity contribution in [2.24, 2.45) is 5.92 Å². The Bertz CT molecular complexity index is 564. The smallest absolute Gasteiger partial charge is 0.146 e. The van der Waals surface area contributed by atoms with Gasteiger partial charge in [0, 0.05) is 13.1 Å². The summed E-state index contributed by atoms with van der Waals surface area (Å²) in [4.78, 5) is 13.0. The number of hydrogen-bond acceptors (Lipinski definition) is 5. The number of hydrogen-bond donors (Lipinski definition) is 1. The van der Waals surface area contributed by atoms with E-state index in [1.165, 1.54) is 0 Å². The fourth-order valence-electron chi connectivity index (χ4n) is 2.37. The van der Waals surface area contributed by atoms with Crippen molar-refractivity contribution < 1.29 is 0 Å². The van der Waals surface area contributed by atoms with Crippen LogP contribution in [0.1, 0.15) is 39.9 Å². The van der Waals surface area contributed by atoms with Crippen molar-refractivity contribution in [1.82, 2.24) is 14.9 Å². The van der Waals surface area contributed by atoms with Gasteiger partial charge < -0.3 is 5.32 Å². The van der Waals surface area contributed by atoms with Crippen LogP contribution in [0, 0.1) is 5.92 Å². The summed E-state index contributed by atoms with van der Waals surface area (Å²) >= 11 is 1.69. The van der Waals surface area contributed by atoms with Crippen LogP contribution < -0.4 is 5.32 Å². The Hall–Kier alpha value is -1.20. The molecule has 0 bridgehead atoms. The van der Waals surface area contributed by atoms with Gasteiger partial charge >= 0.3 is 0 Å². The molecule has 1 N–H and O–H groups in total. The number of nitrogens with zero attached hydrogens (tertiary/aromatic N) is 3. The summed E-state index contributed by atoms with van der Waals surface area (Å²) in [6.07, 6.45) is 1.10. The molecule has 5 heteroatoms. The van der Waals surface area contributed by atoms with E-state index in [0.717, 1.165) is 54.5 Å². The molecule has 0 atom stereocenters. The molecule has 21 heavy (non-hydrogen) atoms. The standard InChI is InChI=1S/C16H26N4S/c1-5-8-17-15-13-7-9-21-16(13)19-14(18-15)11-20(6-2)10-12(3)4/h7,9,12H,5-6,8,10-11H2,1-4H3,(H,17,18,19). The lowest BCUT2D eigenvalue weighted by atomic mass is 10.2. The summed E-state index contributed by atoms with van der Waals surface area (Å²) in [5, 5.41) is 6.66. The molecule has 2 aromatic heterocycles. The van der Waals surface area contributed by atoms with Crippen LogP contribution in [0.25, 0.3) is 10.2 Å². The maximum absolute atomic E-state index is 4.75. The Balaban J connectivity index is 2.22. The van der Waals surface area contributed by atoms with Crippen LogP contribution in [0.2, 0.25) is 0 Å². The third kappa shape index (κ3) is 4.38. The highest BCUT2D eigenvalue weighted by molar-refractivity contribution is 7.16. The van der Waals surface area contributed by atoms with E-state index in [-0.39, 0.29) is 0 Å². The molecule has 116 valence electrons. The molecule has 0 aliphatic heterocycles. The molecule has 0 aromatic carbocycles. The molecular weight excluding hydrogens is 280 g/mol. The number of fused-ring (bicyclic) bond motifs is 1. The average Bonchev–Trinajstić information content (AvgIpc) is 2.91. The van der Waals surface area contributed by atoms with Gasteiger partial charge in [0.2, 0.25) is 0 Å². The van der Waals surface area contributed by atoms with E-state index in [9.17, 15) is 0 Å². The zero-order chi connectivity index (χ0) is 15.2. The number of nitrogens with one attached hydrogen (secondary N) is 1. The van der Waals surface area contributed by atoms with Gasteiger partial charge in [0.25, 0.3) is 0 Å². The number of anilines is 1. The third-order valence-electron chi connectivity index (χ3n) is 3.35. The van der Waals surface area contributed by atoms with E-state index in [2.05, 4.69) is 49.4 Å². The van der Waals surface area contributed by atoms with E-state index in [1.807, 2.05) is 0 Å². The van der Waals surface area contributed by atoms with Crippen molar-refractivity contribution in [1.29, 1.82) is 0 Å². The van der Waals surface area contributed by atoms with Crippen molar-refractivity contribution in [2.45, 2.75) is 40.7 Å². The first-order valence-corrected chi connectivity index (χ1v) is 8.72. The van der Waals surface area contributed by atoms with Crippen LogP contribution >= 0.6 is 11.3 Å². The monoisotopic (exact) mass is 306 g/mol. The molecule has 4 nitrogen and oxygen atoms in total. The Morgan fingerprint density at radius 3 is 2.76 bits per heavy atom. The molecule has 0 aliphatic rings. The molecule has 2 heterocycles. The van der Waals surface area contributed by atoms with Gasteiger partial charge in [0.05, 0.1) is 11.9 Å². The normalized spacial score (nSPS) is 11.7. The minimum absolute atomic E-state index is 0.660. The van der Waals surface area contributed by atoms with E-state index in [4.69, 9.17) is 9.97 Å². The second-order valence-corrected chi connectivity index (χ2v) is 6.67. The van der Waals surface area contributed by atoms with Crippen molar-refractivity contribution in [3.8, 4) is 0 Å². The summed E-state index contributed by atoms with van der Waals surface area (Å²) in [7, 11) is 0. The molecule has 0 aliphatic carbocycles. The lowest BCUT2D eigenvalue weighted by Crippen LogP contribution is -2.28. The van der Waals surface area contributed by atoms with Gasteiger partial charge in [-0.3, -0.25) is 4.90 Å². The molecule has 0 amide bonds. The Labute approximate surface area is 131 Å². The fourth-order valence-corrected chi connectivity index (χ4v) is 3.15. The van der Waals surface area contributed by atoms with Gasteiger partial charge in [-0.15, -0.1) is 11.3 Å². The molecular formula is C16H26N4S. The number of rotatable bonds is 8. The van der Waals surface area contributed by atoms with Crippen molar-refractivity contribution in [2.75, 3.05) is 25.0 Å². The maximum atomic E-state index is 4.75. The van der Waals surface area contributed by atoms with Crippen LogP contribution in [-0.2, 0) is 6.54 Å². The highest BCUT2D eigenvalue weighted by Crippen LogP contribution is 2.25. The van der Waals surface area contributed by atoms with E-state index < -0.39 is 0 Å². The molecule has 0 spiro atoms. The number of thiophene rings is 1. The van der Waals surface area contributed by atoms with Gasteiger partial charge in [-0.2, -0.15) is 0 Å². The summed E-state index contributed by atoms with van der Waals surface area (Å²) in [6.45, 7) is 12.8. The first-order valence-electron chi connectivity index (χ1n) is 7.84. The maximum Gasteiger partial charge on any atom is 0.146 e. The van der Waals surface area contributed by atoms with Crippen molar-refractivity contribution in [3.63, 3.8) is 0 Å². The molecule has 0 fully saturated rings. The molecule has 2 aromatic rings. The van der Waals surface area contributed by atoms with Crippen molar-refractivity contribution >= 4 is 27.4 Å². The highest BCUT2D eigenvalue weighted by Gasteiger charge is 2.12. The summed E-state index contributed by atoms with van der Waals surface area (Å²) in [6, 6.07) is 2.10. The largest absolute Gasteiger partial charge is 0.369 e. The molecule has 0 radical (unpaired) electrons. The van der Waals surface area contributed by atoms with Gasteiger partial charge in [-0.05, 0) is 30.3 Å². The summed E-state index contributed by atoms with van der Waals surface area (Å²) in [5.41, 5.74) is 0.